The standard InChI is InChI=1S/C10H5ClF3NO/c11-9-8-5-7(16-10(12,13)14)2-1-6(8)3-4-15-9/h1-5H. The molecule has 0 aliphatic rings. The molecule has 2 aromatic rings. The van der Waals surface area contributed by atoms with E-state index in [2.05, 4.69) is 9.72 Å². The van der Waals surface area contributed by atoms with Gasteiger partial charge >= 0.3 is 6.36 Å². The van der Waals surface area contributed by atoms with Crippen LogP contribution in [0, 0.1) is 0 Å². The van der Waals surface area contributed by atoms with Gasteiger partial charge in [-0.05, 0) is 23.6 Å². The minimum atomic E-state index is -4.71. The molecule has 0 bridgehead atoms. The van der Waals surface area contributed by atoms with Crippen molar-refractivity contribution in [2.75, 3.05) is 0 Å². The summed E-state index contributed by atoms with van der Waals surface area (Å²) in [5, 5.41) is 1.27. The first-order valence-corrected chi connectivity index (χ1v) is 4.63. The number of halogens is 4. The lowest BCUT2D eigenvalue weighted by atomic mass is 10.2. The van der Waals surface area contributed by atoms with Crippen LogP contribution in [0.5, 0.6) is 5.75 Å². The highest BCUT2D eigenvalue weighted by Gasteiger charge is 2.31. The monoisotopic (exact) mass is 247 g/mol. The normalized spacial score (nSPS) is 11.8. The van der Waals surface area contributed by atoms with E-state index in [-0.39, 0.29) is 10.9 Å². The molecule has 2 rings (SSSR count). The van der Waals surface area contributed by atoms with Crippen LogP contribution in [0.1, 0.15) is 0 Å². The topological polar surface area (TPSA) is 22.1 Å². The van der Waals surface area contributed by atoms with Gasteiger partial charge in [-0.3, -0.25) is 0 Å². The summed E-state index contributed by atoms with van der Waals surface area (Å²) in [4.78, 5) is 3.77. The molecule has 6 heteroatoms. The van der Waals surface area contributed by atoms with Crippen molar-refractivity contribution in [3.8, 4) is 5.75 Å². The van der Waals surface area contributed by atoms with Crippen LogP contribution in [0.3, 0.4) is 0 Å². The van der Waals surface area contributed by atoms with Gasteiger partial charge in [-0.2, -0.15) is 0 Å². The lowest BCUT2D eigenvalue weighted by molar-refractivity contribution is -0.274. The molecule has 1 aromatic carbocycles. The predicted octanol–water partition coefficient (Wildman–Crippen LogP) is 3.79. The predicted molar refractivity (Wildman–Crippen MR) is 53.4 cm³/mol. The van der Waals surface area contributed by atoms with Crippen LogP contribution in [0.4, 0.5) is 13.2 Å². The summed E-state index contributed by atoms with van der Waals surface area (Å²) in [6.45, 7) is 0. The molecule has 0 radical (unpaired) electrons. The molecule has 0 saturated carbocycles. The molecular weight excluding hydrogens is 243 g/mol. The maximum Gasteiger partial charge on any atom is 0.573 e. The summed E-state index contributed by atoms with van der Waals surface area (Å²) in [6, 6.07) is 5.58. The van der Waals surface area contributed by atoms with E-state index in [9.17, 15) is 13.2 Å². The van der Waals surface area contributed by atoms with Gasteiger partial charge in [-0.1, -0.05) is 17.7 Å². The van der Waals surface area contributed by atoms with Gasteiger partial charge in [0.15, 0.2) is 0 Å². The van der Waals surface area contributed by atoms with Crippen molar-refractivity contribution in [3.63, 3.8) is 0 Å². The van der Waals surface area contributed by atoms with Crippen molar-refractivity contribution >= 4 is 22.4 Å². The second-order valence-electron chi connectivity index (χ2n) is 3.03. The zero-order valence-electron chi connectivity index (χ0n) is 7.75. The summed E-state index contributed by atoms with van der Waals surface area (Å²) < 4.78 is 39.7. The van der Waals surface area contributed by atoms with E-state index in [0.29, 0.717) is 10.8 Å². The molecule has 16 heavy (non-hydrogen) atoms. The van der Waals surface area contributed by atoms with Crippen LogP contribution in [0.2, 0.25) is 5.15 Å². The number of benzene rings is 1. The first kappa shape index (κ1) is 11.0. The SMILES string of the molecule is FC(F)(F)Oc1ccc2ccnc(Cl)c2c1. The molecule has 0 atom stereocenters. The van der Waals surface area contributed by atoms with E-state index >= 15 is 0 Å². The van der Waals surface area contributed by atoms with Crippen molar-refractivity contribution < 1.29 is 17.9 Å². The Balaban J connectivity index is 2.47. The van der Waals surface area contributed by atoms with Crippen LogP contribution in [-0.4, -0.2) is 11.3 Å². The zero-order chi connectivity index (χ0) is 11.8. The van der Waals surface area contributed by atoms with E-state index in [1.54, 1.807) is 6.07 Å². The summed E-state index contributed by atoms with van der Waals surface area (Å²) in [5.74, 6) is -0.310. The summed E-state index contributed by atoms with van der Waals surface area (Å²) >= 11 is 5.75. The smallest absolute Gasteiger partial charge is 0.406 e. The fourth-order valence-electron chi connectivity index (χ4n) is 1.31. The fraction of sp³-hybridized carbons (Fsp3) is 0.100. The minimum absolute atomic E-state index is 0.144. The van der Waals surface area contributed by atoms with Gasteiger partial charge in [0.25, 0.3) is 0 Å². The van der Waals surface area contributed by atoms with Gasteiger partial charge in [0.1, 0.15) is 10.9 Å². The van der Waals surface area contributed by atoms with E-state index in [1.807, 2.05) is 0 Å². The average Bonchev–Trinajstić information content (AvgIpc) is 2.17. The van der Waals surface area contributed by atoms with Crippen molar-refractivity contribution in [2.45, 2.75) is 6.36 Å². The molecule has 84 valence electrons. The molecule has 0 unspecified atom stereocenters. The largest absolute Gasteiger partial charge is 0.573 e. The Labute approximate surface area is 93.6 Å². The number of ether oxygens (including phenoxy) is 1. The van der Waals surface area contributed by atoms with Crippen LogP contribution >= 0.6 is 11.6 Å². The third-order valence-corrected chi connectivity index (χ3v) is 2.22. The van der Waals surface area contributed by atoms with Gasteiger partial charge in [0.2, 0.25) is 0 Å². The fourth-order valence-corrected chi connectivity index (χ4v) is 1.53. The number of alkyl halides is 3. The quantitative estimate of drug-likeness (QED) is 0.716. The van der Waals surface area contributed by atoms with E-state index < -0.39 is 6.36 Å². The van der Waals surface area contributed by atoms with Gasteiger partial charge in [-0.25, -0.2) is 4.98 Å². The number of fused-ring (bicyclic) bond motifs is 1. The molecule has 0 aliphatic carbocycles. The number of nitrogens with zero attached hydrogens (tertiary/aromatic N) is 1. The number of hydrogen-bond acceptors (Lipinski definition) is 2. The number of pyridine rings is 1. The van der Waals surface area contributed by atoms with E-state index in [4.69, 9.17) is 11.6 Å². The molecular formula is C10H5ClF3NO. The van der Waals surface area contributed by atoms with Crippen LogP contribution in [0.15, 0.2) is 30.5 Å². The van der Waals surface area contributed by atoms with Crippen molar-refractivity contribution in [3.05, 3.63) is 35.6 Å². The van der Waals surface area contributed by atoms with Crippen LogP contribution < -0.4 is 4.74 Å². The summed E-state index contributed by atoms with van der Waals surface area (Å²) in [7, 11) is 0. The van der Waals surface area contributed by atoms with Crippen molar-refractivity contribution in [1.29, 1.82) is 0 Å². The maximum absolute atomic E-state index is 12.0. The molecule has 1 heterocycles. The highest BCUT2D eigenvalue weighted by molar-refractivity contribution is 6.34. The Bertz CT molecular complexity index is 527. The second kappa shape index (κ2) is 3.83. The first-order chi connectivity index (χ1) is 7.46. The Morgan fingerprint density at radius 3 is 2.62 bits per heavy atom. The molecule has 2 nitrogen and oxygen atoms in total. The number of aromatic nitrogens is 1. The minimum Gasteiger partial charge on any atom is -0.406 e. The van der Waals surface area contributed by atoms with E-state index in [1.165, 1.54) is 24.4 Å². The summed E-state index contributed by atoms with van der Waals surface area (Å²) in [6.07, 6.45) is -3.22. The van der Waals surface area contributed by atoms with Gasteiger partial charge in [0.05, 0.1) is 0 Å². The second-order valence-corrected chi connectivity index (χ2v) is 3.39. The third-order valence-electron chi connectivity index (χ3n) is 1.92. The molecule has 0 fully saturated rings. The Morgan fingerprint density at radius 1 is 1.19 bits per heavy atom. The number of hydrogen-bond donors (Lipinski definition) is 0. The summed E-state index contributed by atoms with van der Waals surface area (Å²) in [5.41, 5.74) is 0. The average molecular weight is 248 g/mol. The van der Waals surface area contributed by atoms with Gasteiger partial charge in [0, 0.05) is 11.6 Å². The lowest BCUT2D eigenvalue weighted by Crippen LogP contribution is -2.16. The van der Waals surface area contributed by atoms with Crippen molar-refractivity contribution in [1.82, 2.24) is 4.98 Å². The lowest BCUT2D eigenvalue weighted by Gasteiger charge is -2.09. The molecule has 0 amide bonds. The molecule has 0 N–H and O–H groups in total. The first-order valence-electron chi connectivity index (χ1n) is 4.26. The van der Waals surface area contributed by atoms with Crippen molar-refractivity contribution in [2.24, 2.45) is 0 Å². The van der Waals surface area contributed by atoms with Crippen LogP contribution in [-0.2, 0) is 0 Å². The van der Waals surface area contributed by atoms with E-state index in [0.717, 1.165) is 0 Å². The Hall–Kier alpha value is -1.49. The highest BCUT2D eigenvalue weighted by atomic mass is 35.5. The highest BCUT2D eigenvalue weighted by Crippen LogP contribution is 2.28. The van der Waals surface area contributed by atoms with Gasteiger partial charge < -0.3 is 4.74 Å². The molecule has 0 aliphatic heterocycles. The molecule has 0 spiro atoms. The molecule has 1 aromatic heterocycles. The Kier molecular flexibility index (Phi) is 2.63. The third kappa shape index (κ3) is 2.36. The Morgan fingerprint density at radius 2 is 1.94 bits per heavy atom. The van der Waals surface area contributed by atoms with Crippen LogP contribution in [0.25, 0.3) is 10.8 Å². The zero-order valence-corrected chi connectivity index (χ0v) is 8.51. The number of rotatable bonds is 1. The maximum atomic E-state index is 12.0. The molecule has 0 saturated heterocycles. The van der Waals surface area contributed by atoms with Gasteiger partial charge in [-0.15, -0.1) is 13.2 Å².